The van der Waals surface area contributed by atoms with Crippen molar-refractivity contribution in [1.82, 2.24) is 15.7 Å². The Balaban J connectivity index is 2.36. The topological polar surface area (TPSA) is 82.9 Å². The summed E-state index contributed by atoms with van der Waals surface area (Å²) in [5.41, 5.74) is 5.36. The van der Waals surface area contributed by atoms with Crippen molar-refractivity contribution in [3.63, 3.8) is 0 Å². The SMILES string of the molecule is Cc1[nH]c2ccccc2c1C(C)(C)CNC(=O)NN. The van der Waals surface area contributed by atoms with Gasteiger partial charge in [0.1, 0.15) is 0 Å². The number of aromatic nitrogens is 1. The number of carbonyl (C=O) groups is 1. The minimum Gasteiger partial charge on any atom is -0.358 e. The Bertz CT molecular complexity index is 601. The van der Waals surface area contributed by atoms with E-state index in [0.717, 1.165) is 11.2 Å². The van der Waals surface area contributed by atoms with Crippen molar-refractivity contribution in [2.75, 3.05) is 6.54 Å². The number of hydrogen-bond donors (Lipinski definition) is 4. The molecule has 0 bridgehead atoms. The molecular formula is C14H20N4O. The van der Waals surface area contributed by atoms with Gasteiger partial charge in [0.25, 0.3) is 0 Å². The Morgan fingerprint density at radius 3 is 2.74 bits per heavy atom. The Morgan fingerprint density at radius 2 is 2.05 bits per heavy atom. The lowest BCUT2D eigenvalue weighted by Crippen LogP contribution is -2.45. The van der Waals surface area contributed by atoms with Crippen LogP contribution in [0, 0.1) is 6.92 Å². The van der Waals surface area contributed by atoms with Crippen LogP contribution >= 0.6 is 0 Å². The molecule has 0 unspecified atom stereocenters. The molecule has 0 saturated carbocycles. The van der Waals surface area contributed by atoms with Gasteiger partial charge in [0.05, 0.1) is 0 Å². The molecule has 0 radical (unpaired) electrons. The molecule has 0 atom stereocenters. The maximum Gasteiger partial charge on any atom is 0.328 e. The molecule has 0 spiro atoms. The fourth-order valence-electron chi connectivity index (χ4n) is 2.59. The number of hydrogen-bond acceptors (Lipinski definition) is 2. The van der Waals surface area contributed by atoms with Crippen molar-refractivity contribution in [3.05, 3.63) is 35.5 Å². The first-order chi connectivity index (χ1) is 8.95. The van der Waals surface area contributed by atoms with Crippen LogP contribution in [-0.2, 0) is 5.41 Å². The highest BCUT2D eigenvalue weighted by molar-refractivity contribution is 5.85. The standard InChI is InChI=1S/C14H20N4O/c1-9-12(10-6-4-5-7-11(10)17-9)14(2,3)8-16-13(19)18-15/h4-7,17H,8,15H2,1-3H3,(H2,16,18,19). The average Bonchev–Trinajstić information content (AvgIpc) is 2.72. The summed E-state index contributed by atoms with van der Waals surface area (Å²) < 4.78 is 0. The first kappa shape index (κ1) is 13.4. The number of nitrogens with two attached hydrogens (primary N) is 1. The van der Waals surface area contributed by atoms with E-state index in [2.05, 4.69) is 48.6 Å². The van der Waals surface area contributed by atoms with Crippen LogP contribution in [0.5, 0.6) is 0 Å². The number of benzene rings is 1. The smallest absolute Gasteiger partial charge is 0.328 e. The molecule has 0 aliphatic heterocycles. The number of carbonyl (C=O) groups excluding carboxylic acids is 1. The van der Waals surface area contributed by atoms with E-state index >= 15 is 0 Å². The predicted octanol–water partition coefficient (Wildman–Crippen LogP) is 1.93. The Kier molecular flexibility index (Phi) is 3.48. The van der Waals surface area contributed by atoms with Crippen molar-refractivity contribution >= 4 is 16.9 Å². The van der Waals surface area contributed by atoms with Gasteiger partial charge in [-0.25, -0.2) is 10.6 Å². The summed E-state index contributed by atoms with van der Waals surface area (Å²) in [6, 6.07) is 7.82. The number of amides is 2. The number of H-pyrrole nitrogens is 1. The fraction of sp³-hybridized carbons (Fsp3) is 0.357. The number of hydrazine groups is 1. The number of nitrogens with one attached hydrogen (secondary N) is 3. The summed E-state index contributed by atoms with van der Waals surface area (Å²) in [5.74, 6) is 5.07. The summed E-state index contributed by atoms with van der Waals surface area (Å²) in [6.45, 7) is 6.78. The van der Waals surface area contributed by atoms with E-state index in [-0.39, 0.29) is 11.4 Å². The van der Waals surface area contributed by atoms with Gasteiger partial charge in [0.2, 0.25) is 0 Å². The number of urea groups is 1. The molecule has 1 aromatic heterocycles. The monoisotopic (exact) mass is 260 g/mol. The maximum absolute atomic E-state index is 11.2. The van der Waals surface area contributed by atoms with E-state index in [1.807, 2.05) is 12.1 Å². The quantitative estimate of drug-likeness (QED) is 0.386. The van der Waals surface area contributed by atoms with E-state index in [9.17, 15) is 4.79 Å². The van der Waals surface area contributed by atoms with Crippen LogP contribution < -0.4 is 16.6 Å². The number of para-hydroxylation sites is 1. The second kappa shape index (κ2) is 4.93. The van der Waals surface area contributed by atoms with Gasteiger partial charge in [0, 0.05) is 28.6 Å². The molecule has 102 valence electrons. The summed E-state index contributed by atoms with van der Waals surface area (Å²) in [6.07, 6.45) is 0. The van der Waals surface area contributed by atoms with E-state index in [4.69, 9.17) is 5.84 Å². The first-order valence-electron chi connectivity index (χ1n) is 6.28. The Labute approximate surface area is 112 Å². The minimum absolute atomic E-state index is 0.184. The van der Waals surface area contributed by atoms with Crippen molar-refractivity contribution in [2.45, 2.75) is 26.2 Å². The van der Waals surface area contributed by atoms with Gasteiger partial charge in [0.15, 0.2) is 0 Å². The molecule has 0 fully saturated rings. The van der Waals surface area contributed by atoms with Crippen LogP contribution in [0.15, 0.2) is 24.3 Å². The third-order valence-electron chi connectivity index (χ3n) is 3.39. The molecule has 1 aromatic carbocycles. The lowest BCUT2D eigenvalue weighted by Gasteiger charge is -2.26. The highest BCUT2D eigenvalue weighted by Crippen LogP contribution is 2.32. The molecule has 19 heavy (non-hydrogen) atoms. The summed E-state index contributed by atoms with van der Waals surface area (Å²) >= 11 is 0. The summed E-state index contributed by atoms with van der Waals surface area (Å²) in [4.78, 5) is 14.6. The van der Waals surface area contributed by atoms with Crippen molar-refractivity contribution in [2.24, 2.45) is 5.84 Å². The van der Waals surface area contributed by atoms with Gasteiger partial charge in [-0.1, -0.05) is 32.0 Å². The molecule has 2 rings (SSSR count). The molecule has 0 saturated heterocycles. The third-order valence-corrected chi connectivity index (χ3v) is 3.39. The molecular weight excluding hydrogens is 240 g/mol. The summed E-state index contributed by atoms with van der Waals surface area (Å²) in [7, 11) is 0. The molecule has 5 nitrogen and oxygen atoms in total. The largest absolute Gasteiger partial charge is 0.358 e. The number of fused-ring (bicyclic) bond motifs is 1. The first-order valence-corrected chi connectivity index (χ1v) is 6.28. The van der Waals surface area contributed by atoms with Crippen LogP contribution in [0.2, 0.25) is 0 Å². The van der Waals surface area contributed by atoms with E-state index in [0.29, 0.717) is 6.54 Å². The molecule has 1 heterocycles. The molecule has 0 aliphatic rings. The summed E-state index contributed by atoms with van der Waals surface area (Å²) in [5, 5.41) is 3.96. The molecule has 2 aromatic rings. The maximum atomic E-state index is 11.2. The number of aryl methyl sites for hydroxylation is 1. The minimum atomic E-state index is -0.370. The second-order valence-corrected chi connectivity index (χ2v) is 5.38. The van der Waals surface area contributed by atoms with Crippen LogP contribution in [0.25, 0.3) is 10.9 Å². The van der Waals surface area contributed by atoms with Gasteiger partial charge in [-0.05, 0) is 18.6 Å². The fourth-order valence-corrected chi connectivity index (χ4v) is 2.59. The lowest BCUT2D eigenvalue weighted by atomic mass is 9.82. The van der Waals surface area contributed by atoms with Gasteiger partial charge < -0.3 is 10.3 Å². The van der Waals surface area contributed by atoms with E-state index in [1.165, 1.54) is 10.9 Å². The average molecular weight is 260 g/mol. The van der Waals surface area contributed by atoms with Crippen molar-refractivity contribution < 1.29 is 4.79 Å². The van der Waals surface area contributed by atoms with Crippen LogP contribution in [0.1, 0.15) is 25.1 Å². The highest BCUT2D eigenvalue weighted by Gasteiger charge is 2.26. The van der Waals surface area contributed by atoms with E-state index < -0.39 is 0 Å². The Morgan fingerprint density at radius 1 is 1.37 bits per heavy atom. The van der Waals surface area contributed by atoms with Crippen LogP contribution in [0.4, 0.5) is 4.79 Å². The zero-order chi connectivity index (χ0) is 14.0. The zero-order valence-electron chi connectivity index (χ0n) is 11.5. The molecule has 2 amide bonds. The van der Waals surface area contributed by atoms with Crippen LogP contribution in [-0.4, -0.2) is 17.6 Å². The molecule has 0 aliphatic carbocycles. The third kappa shape index (κ3) is 2.56. The normalized spacial score (nSPS) is 11.6. The number of rotatable bonds is 3. The van der Waals surface area contributed by atoms with E-state index in [1.54, 1.807) is 0 Å². The highest BCUT2D eigenvalue weighted by atomic mass is 16.2. The van der Waals surface area contributed by atoms with Crippen molar-refractivity contribution in [3.8, 4) is 0 Å². The van der Waals surface area contributed by atoms with Crippen LogP contribution in [0.3, 0.4) is 0 Å². The lowest BCUT2D eigenvalue weighted by molar-refractivity contribution is 0.238. The molecule has 5 N–H and O–H groups in total. The van der Waals surface area contributed by atoms with Gasteiger partial charge in [-0.3, -0.25) is 5.43 Å². The second-order valence-electron chi connectivity index (χ2n) is 5.38. The zero-order valence-corrected chi connectivity index (χ0v) is 11.5. The van der Waals surface area contributed by atoms with Gasteiger partial charge in [-0.2, -0.15) is 0 Å². The van der Waals surface area contributed by atoms with Crippen molar-refractivity contribution in [1.29, 1.82) is 0 Å². The predicted molar refractivity (Wildman–Crippen MR) is 76.8 cm³/mol. The number of aromatic amines is 1. The van der Waals surface area contributed by atoms with Gasteiger partial charge >= 0.3 is 6.03 Å². The Hall–Kier alpha value is -2.01. The molecule has 5 heteroatoms. The van der Waals surface area contributed by atoms with Gasteiger partial charge in [-0.15, -0.1) is 0 Å².